The van der Waals surface area contributed by atoms with Crippen LogP contribution >= 0.6 is 0 Å². The van der Waals surface area contributed by atoms with E-state index in [0.29, 0.717) is 0 Å². The summed E-state index contributed by atoms with van der Waals surface area (Å²) in [7, 11) is -3.76. The lowest BCUT2D eigenvalue weighted by molar-refractivity contribution is -0.139. The molecule has 0 unspecified atom stereocenters. The monoisotopic (exact) mass is 417 g/mol. The van der Waals surface area contributed by atoms with Crippen LogP contribution in [0.15, 0.2) is 59.5 Å². The molecule has 0 radical (unpaired) electrons. The number of nitrogens with zero attached hydrogens (tertiary/aromatic N) is 1. The molecule has 1 fully saturated rings. The second kappa shape index (κ2) is 9.17. The maximum atomic E-state index is 12.8. The van der Waals surface area contributed by atoms with Crippen LogP contribution in [0.5, 0.6) is 0 Å². The van der Waals surface area contributed by atoms with Crippen LogP contribution in [-0.4, -0.2) is 50.5 Å². The summed E-state index contributed by atoms with van der Waals surface area (Å²) in [6, 6.07) is 15.7. The zero-order chi connectivity index (χ0) is 20.9. The summed E-state index contributed by atoms with van der Waals surface area (Å²) < 4.78 is 32.3. The number of amides is 2. The summed E-state index contributed by atoms with van der Waals surface area (Å²) in [4.78, 5) is 24.2. The lowest BCUT2D eigenvalue weighted by Gasteiger charge is -2.22. The van der Waals surface area contributed by atoms with Crippen molar-refractivity contribution in [1.29, 1.82) is 0 Å². The number of nitrogens with one attached hydrogen (secondary N) is 2. The van der Waals surface area contributed by atoms with Crippen LogP contribution in [0.1, 0.15) is 11.1 Å². The van der Waals surface area contributed by atoms with Crippen molar-refractivity contribution in [1.82, 2.24) is 14.9 Å². The number of hydrogen-bond acceptors (Lipinski definition) is 5. The standard InChI is InChI=1S/C20H23N3O5S/c1-15-7-9-17(10-8-15)29(26,27)23-11-12-28-18(23)14-22-20(25)19(24)21-13-16-5-3-2-4-6-16/h2-10,18H,11-14H2,1H3,(H,21,24)(H,22,25)/t18-/m1/s1. The number of hydrogen-bond donors (Lipinski definition) is 2. The Bertz CT molecular complexity index is 961. The maximum absolute atomic E-state index is 12.8. The number of sulfonamides is 1. The van der Waals surface area contributed by atoms with E-state index in [1.807, 2.05) is 37.3 Å². The fraction of sp³-hybridized carbons (Fsp3) is 0.300. The van der Waals surface area contributed by atoms with E-state index in [0.717, 1.165) is 11.1 Å². The SMILES string of the molecule is Cc1ccc(S(=O)(=O)N2CCO[C@@H]2CNC(=O)C(=O)NCc2ccccc2)cc1. The second-order valence-corrected chi connectivity index (χ2v) is 8.52. The van der Waals surface area contributed by atoms with Crippen LogP contribution in [0.3, 0.4) is 0 Å². The van der Waals surface area contributed by atoms with Crippen molar-refractivity contribution >= 4 is 21.8 Å². The highest BCUT2D eigenvalue weighted by Gasteiger charge is 2.36. The minimum absolute atomic E-state index is 0.122. The molecule has 0 aliphatic carbocycles. The van der Waals surface area contributed by atoms with Gasteiger partial charge < -0.3 is 15.4 Å². The second-order valence-electron chi connectivity index (χ2n) is 6.63. The summed E-state index contributed by atoms with van der Waals surface area (Å²) in [5, 5.41) is 4.96. The molecule has 154 valence electrons. The number of rotatable bonds is 6. The van der Waals surface area contributed by atoms with E-state index >= 15 is 0 Å². The van der Waals surface area contributed by atoms with E-state index in [9.17, 15) is 18.0 Å². The molecule has 29 heavy (non-hydrogen) atoms. The number of aryl methyl sites for hydroxylation is 1. The minimum atomic E-state index is -3.76. The summed E-state index contributed by atoms with van der Waals surface area (Å²) in [5.41, 5.74) is 1.81. The predicted molar refractivity (Wildman–Crippen MR) is 106 cm³/mol. The van der Waals surface area contributed by atoms with Gasteiger partial charge in [0.2, 0.25) is 10.0 Å². The van der Waals surface area contributed by atoms with Gasteiger partial charge in [-0.05, 0) is 24.6 Å². The fourth-order valence-electron chi connectivity index (χ4n) is 2.91. The number of carbonyl (C=O) groups is 2. The van der Waals surface area contributed by atoms with Crippen molar-refractivity contribution < 1.29 is 22.7 Å². The van der Waals surface area contributed by atoms with Crippen molar-refractivity contribution in [3.05, 3.63) is 65.7 Å². The molecule has 1 aliphatic rings. The number of benzene rings is 2. The Morgan fingerprint density at radius 2 is 1.69 bits per heavy atom. The van der Waals surface area contributed by atoms with E-state index in [2.05, 4.69) is 10.6 Å². The predicted octanol–water partition coefficient (Wildman–Crippen LogP) is 0.775. The first-order valence-electron chi connectivity index (χ1n) is 9.18. The van der Waals surface area contributed by atoms with Crippen LogP contribution in [0.2, 0.25) is 0 Å². The molecule has 0 spiro atoms. The molecule has 2 aromatic rings. The Labute approximate surface area is 169 Å². The molecule has 0 aromatic heterocycles. The molecule has 8 nitrogen and oxygen atoms in total. The van der Waals surface area contributed by atoms with E-state index in [4.69, 9.17) is 4.74 Å². The fourth-order valence-corrected chi connectivity index (χ4v) is 4.42. The van der Waals surface area contributed by atoms with Gasteiger partial charge in [0.1, 0.15) is 6.23 Å². The van der Waals surface area contributed by atoms with Crippen LogP contribution < -0.4 is 10.6 Å². The quantitative estimate of drug-likeness (QED) is 0.676. The Morgan fingerprint density at radius 1 is 1.03 bits per heavy atom. The molecule has 1 heterocycles. The average Bonchev–Trinajstić information content (AvgIpc) is 3.21. The molecule has 0 bridgehead atoms. The summed E-state index contributed by atoms with van der Waals surface area (Å²) in [6.07, 6.45) is -0.868. The first-order chi connectivity index (χ1) is 13.9. The smallest absolute Gasteiger partial charge is 0.309 e. The summed E-state index contributed by atoms with van der Waals surface area (Å²) >= 11 is 0. The first-order valence-corrected chi connectivity index (χ1v) is 10.6. The average molecular weight is 417 g/mol. The van der Waals surface area contributed by atoms with Gasteiger partial charge in [-0.2, -0.15) is 4.31 Å². The van der Waals surface area contributed by atoms with Crippen molar-refractivity contribution in [3.8, 4) is 0 Å². The van der Waals surface area contributed by atoms with E-state index in [-0.39, 0.29) is 31.1 Å². The molecule has 1 aliphatic heterocycles. The van der Waals surface area contributed by atoms with E-state index in [1.165, 1.54) is 16.4 Å². The minimum Gasteiger partial charge on any atom is -0.359 e. The Hall–Kier alpha value is -2.75. The van der Waals surface area contributed by atoms with Crippen molar-refractivity contribution in [2.24, 2.45) is 0 Å². The number of ether oxygens (including phenoxy) is 1. The molecule has 2 N–H and O–H groups in total. The van der Waals surface area contributed by atoms with Gasteiger partial charge in [-0.3, -0.25) is 9.59 Å². The zero-order valence-corrected chi connectivity index (χ0v) is 16.8. The molecular weight excluding hydrogens is 394 g/mol. The first kappa shape index (κ1) is 21.0. The molecular formula is C20H23N3O5S. The molecule has 9 heteroatoms. The van der Waals surface area contributed by atoms with Gasteiger partial charge in [-0.15, -0.1) is 0 Å². The van der Waals surface area contributed by atoms with E-state index < -0.39 is 28.1 Å². The van der Waals surface area contributed by atoms with Crippen molar-refractivity contribution in [2.45, 2.75) is 24.6 Å². The Balaban J connectivity index is 1.55. The topological polar surface area (TPSA) is 105 Å². The normalized spacial score (nSPS) is 17.1. The van der Waals surface area contributed by atoms with Crippen molar-refractivity contribution in [3.63, 3.8) is 0 Å². The lowest BCUT2D eigenvalue weighted by Crippen LogP contribution is -2.47. The largest absolute Gasteiger partial charge is 0.359 e. The molecule has 3 rings (SSSR count). The van der Waals surface area contributed by atoms with Crippen LogP contribution in [0.25, 0.3) is 0 Å². The van der Waals surface area contributed by atoms with Crippen LogP contribution in [-0.2, 0) is 30.9 Å². The molecule has 2 amide bonds. The highest BCUT2D eigenvalue weighted by atomic mass is 32.2. The van der Waals surface area contributed by atoms with Gasteiger partial charge in [0, 0.05) is 13.1 Å². The Morgan fingerprint density at radius 3 is 2.38 bits per heavy atom. The highest BCUT2D eigenvalue weighted by Crippen LogP contribution is 2.22. The molecule has 2 aromatic carbocycles. The third-order valence-corrected chi connectivity index (χ3v) is 6.41. The van der Waals surface area contributed by atoms with E-state index in [1.54, 1.807) is 12.1 Å². The summed E-state index contributed by atoms with van der Waals surface area (Å²) in [5.74, 6) is -1.64. The van der Waals surface area contributed by atoms with Gasteiger partial charge in [0.15, 0.2) is 0 Å². The van der Waals surface area contributed by atoms with Gasteiger partial charge in [0.25, 0.3) is 0 Å². The van der Waals surface area contributed by atoms with Gasteiger partial charge in [-0.1, -0.05) is 48.0 Å². The molecule has 0 saturated carbocycles. The van der Waals surface area contributed by atoms with Gasteiger partial charge in [0.05, 0.1) is 18.0 Å². The third-order valence-electron chi connectivity index (χ3n) is 4.51. The molecule has 1 saturated heterocycles. The highest BCUT2D eigenvalue weighted by molar-refractivity contribution is 7.89. The van der Waals surface area contributed by atoms with Crippen LogP contribution in [0.4, 0.5) is 0 Å². The molecule has 1 atom stereocenters. The Kier molecular flexibility index (Phi) is 6.63. The van der Waals surface area contributed by atoms with Crippen LogP contribution in [0, 0.1) is 6.92 Å². The third kappa shape index (κ3) is 5.20. The maximum Gasteiger partial charge on any atom is 0.309 e. The number of carbonyl (C=O) groups excluding carboxylic acids is 2. The van der Waals surface area contributed by atoms with Gasteiger partial charge >= 0.3 is 11.8 Å². The zero-order valence-electron chi connectivity index (χ0n) is 16.0. The van der Waals surface area contributed by atoms with Crippen molar-refractivity contribution in [2.75, 3.05) is 19.7 Å². The lowest BCUT2D eigenvalue weighted by atomic mass is 10.2. The van der Waals surface area contributed by atoms with Gasteiger partial charge in [-0.25, -0.2) is 8.42 Å². The summed E-state index contributed by atoms with van der Waals surface area (Å²) in [6.45, 7) is 2.36.